The number of hydrogen-bond acceptors (Lipinski definition) is 4. The second-order valence-electron chi connectivity index (χ2n) is 10.5. The van der Waals surface area contributed by atoms with Crippen molar-refractivity contribution in [3.63, 3.8) is 0 Å². The van der Waals surface area contributed by atoms with Gasteiger partial charge in [0.1, 0.15) is 6.10 Å². The van der Waals surface area contributed by atoms with Crippen molar-refractivity contribution >= 4 is 75.7 Å². The van der Waals surface area contributed by atoms with Gasteiger partial charge in [0.15, 0.2) is 5.82 Å². The molecule has 6 heteroatoms. The molecular formula is C33H20ClN3OS. The van der Waals surface area contributed by atoms with Crippen molar-refractivity contribution in [3.05, 3.63) is 108 Å². The number of aromatic nitrogens is 3. The second kappa shape index (κ2) is 7.47. The Morgan fingerprint density at radius 3 is 2.46 bits per heavy atom. The van der Waals surface area contributed by atoms with Gasteiger partial charge < -0.3 is 4.74 Å². The Morgan fingerprint density at radius 2 is 1.59 bits per heavy atom. The van der Waals surface area contributed by atoms with Crippen LogP contribution in [0.25, 0.3) is 58.6 Å². The molecule has 4 heterocycles. The Hall–Kier alpha value is -4.19. The summed E-state index contributed by atoms with van der Waals surface area (Å²) in [7, 11) is 0. The SMILES string of the molecule is CC12C=CC=CC1Oc1nc(Cl)nc(-n3c4ccccc4c4c5c6ccccc6sc5c5ccccc5c43)c12. The third kappa shape index (κ3) is 2.69. The molecule has 0 saturated heterocycles. The summed E-state index contributed by atoms with van der Waals surface area (Å²) in [5.74, 6) is 1.32. The molecule has 2 atom stereocenters. The molecule has 2 unspecified atom stereocenters. The van der Waals surface area contributed by atoms with Gasteiger partial charge in [-0.05, 0) is 36.7 Å². The molecule has 0 amide bonds. The maximum Gasteiger partial charge on any atom is 0.227 e. The summed E-state index contributed by atoms with van der Waals surface area (Å²) in [6.07, 6.45) is 8.22. The maximum atomic E-state index is 6.61. The van der Waals surface area contributed by atoms with E-state index < -0.39 is 5.41 Å². The molecular weight excluding hydrogens is 522 g/mol. The Morgan fingerprint density at radius 1 is 0.846 bits per heavy atom. The van der Waals surface area contributed by atoms with E-state index in [2.05, 4.69) is 107 Å². The van der Waals surface area contributed by atoms with Crippen LogP contribution in [0.2, 0.25) is 5.28 Å². The average molecular weight is 542 g/mol. The van der Waals surface area contributed by atoms with Crippen molar-refractivity contribution in [2.75, 3.05) is 0 Å². The lowest BCUT2D eigenvalue weighted by Crippen LogP contribution is -2.33. The number of fused-ring (bicyclic) bond motifs is 13. The van der Waals surface area contributed by atoms with E-state index in [1.165, 1.54) is 41.7 Å². The van der Waals surface area contributed by atoms with E-state index in [9.17, 15) is 0 Å². The number of rotatable bonds is 1. The number of ether oxygens (including phenoxy) is 1. The highest BCUT2D eigenvalue weighted by atomic mass is 35.5. The summed E-state index contributed by atoms with van der Waals surface area (Å²) in [4.78, 5) is 9.49. The standard InChI is InChI=1S/C33H20ClN3OS/c1-33-17-9-8-16-24(33)38-31-27(33)30(35-32(34)36-31)37-22-14-6-4-12-20(22)25-26-21-13-5-7-15-23(21)39-29(26)19-11-3-2-10-18(19)28(25)37/h2-17,24H,1H3. The molecule has 3 aromatic heterocycles. The molecule has 4 aromatic carbocycles. The molecule has 1 aliphatic heterocycles. The van der Waals surface area contributed by atoms with Crippen LogP contribution in [-0.4, -0.2) is 20.6 Å². The fourth-order valence-corrected chi connectivity index (χ4v) is 8.09. The largest absolute Gasteiger partial charge is 0.468 e. The van der Waals surface area contributed by atoms with Gasteiger partial charge in [0, 0.05) is 41.7 Å². The number of halogens is 1. The quantitative estimate of drug-likeness (QED) is 0.195. The molecule has 39 heavy (non-hydrogen) atoms. The van der Waals surface area contributed by atoms with Crippen LogP contribution in [0.5, 0.6) is 5.88 Å². The topological polar surface area (TPSA) is 39.9 Å². The minimum atomic E-state index is -0.420. The van der Waals surface area contributed by atoms with E-state index in [1.54, 1.807) is 0 Å². The summed E-state index contributed by atoms with van der Waals surface area (Å²) in [5.41, 5.74) is 2.75. The van der Waals surface area contributed by atoms with Gasteiger partial charge in [0.2, 0.25) is 11.2 Å². The first-order valence-corrected chi connectivity index (χ1v) is 14.2. The summed E-state index contributed by atoms with van der Waals surface area (Å²) in [6.45, 7) is 2.20. The Labute approximate surface area is 232 Å². The number of para-hydroxylation sites is 1. The van der Waals surface area contributed by atoms with E-state index in [4.69, 9.17) is 21.3 Å². The van der Waals surface area contributed by atoms with E-state index >= 15 is 0 Å². The zero-order chi connectivity index (χ0) is 25.9. The van der Waals surface area contributed by atoms with Crippen molar-refractivity contribution in [1.29, 1.82) is 0 Å². The fourth-order valence-electron chi connectivity index (χ4n) is 6.68. The van der Waals surface area contributed by atoms with Crippen LogP contribution in [0.15, 0.2) is 97.1 Å². The zero-order valence-electron chi connectivity index (χ0n) is 20.9. The smallest absolute Gasteiger partial charge is 0.227 e. The third-order valence-electron chi connectivity index (χ3n) is 8.40. The van der Waals surface area contributed by atoms with Crippen molar-refractivity contribution in [2.24, 2.45) is 0 Å². The van der Waals surface area contributed by atoms with Gasteiger partial charge in [-0.3, -0.25) is 4.57 Å². The van der Waals surface area contributed by atoms with Gasteiger partial charge in [0.25, 0.3) is 0 Å². The molecule has 2 aliphatic rings. The summed E-state index contributed by atoms with van der Waals surface area (Å²) >= 11 is 8.48. The molecule has 1 aliphatic carbocycles. The van der Waals surface area contributed by atoms with Gasteiger partial charge in [0.05, 0.1) is 22.0 Å². The number of allylic oxidation sites excluding steroid dienone is 2. The number of hydrogen-bond donors (Lipinski definition) is 0. The van der Waals surface area contributed by atoms with Gasteiger partial charge in [-0.1, -0.05) is 78.9 Å². The van der Waals surface area contributed by atoms with Gasteiger partial charge in [-0.15, -0.1) is 11.3 Å². The van der Waals surface area contributed by atoms with Crippen molar-refractivity contribution < 1.29 is 4.74 Å². The van der Waals surface area contributed by atoms with Crippen LogP contribution < -0.4 is 4.74 Å². The normalized spacial score (nSPS) is 19.9. The molecule has 7 aromatic rings. The van der Waals surface area contributed by atoms with Crippen molar-refractivity contribution in [1.82, 2.24) is 14.5 Å². The molecule has 0 radical (unpaired) electrons. The lowest BCUT2D eigenvalue weighted by molar-refractivity contribution is 0.222. The first kappa shape index (κ1) is 21.7. The van der Waals surface area contributed by atoms with Crippen LogP contribution in [0, 0.1) is 0 Å². The lowest BCUT2D eigenvalue weighted by atomic mass is 9.77. The fraction of sp³-hybridized carbons (Fsp3) is 0.0909. The van der Waals surface area contributed by atoms with Crippen LogP contribution >= 0.6 is 22.9 Å². The minimum Gasteiger partial charge on any atom is -0.468 e. The highest BCUT2D eigenvalue weighted by Crippen LogP contribution is 2.51. The number of thiophene rings is 1. The first-order valence-electron chi connectivity index (χ1n) is 13.0. The van der Waals surface area contributed by atoms with Crippen LogP contribution in [0.3, 0.4) is 0 Å². The van der Waals surface area contributed by atoms with Gasteiger partial charge in [-0.25, -0.2) is 0 Å². The Kier molecular flexibility index (Phi) is 4.16. The highest BCUT2D eigenvalue weighted by molar-refractivity contribution is 7.27. The molecule has 4 nitrogen and oxygen atoms in total. The van der Waals surface area contributed by atoms with Crippen LogP contribution in [0.1, 0.15) is 12.5 Å². The molecule has 0 saturated carbocycles. The average Bonchev–Trinajstić information content (AvgIpc) is 3.60. The second-order valence-corrected chi connectivity index (χ2v) is 11.9. The highest BCUT2D eigenvalue weighted by Gasteiger charge is 2.47. The number of benzene rings is 4. The van der Waals surface area contributed by atoms with Crippen molar-refractivity contribution in [2.45, 2.75) is 18.4 Å². The van der Waals surface area contributed by atoms with Gasteiger partial charge in [-0.2, -0.15) is 9.97 Å². The first-order chi connectivity index (χ1) is 19.1. The van der Waals surface area contributed by atoms with E-state index in [1.807, 2.05) is 17.4 Å². The third-order valence-corrected chi connectivity index (χ3v) is 9.77. The molecule has 186 valence electrons. The lowest BCUT2D eigenvalue weighted by Gasteiger charge is -2.27. The van der Waals surface area contributed by atoms with E-state index in [0.29, 0.717) is 5.88 Å². The van der Waals surface area contributed by atoms with E-state index in [0.717, 1.165) is 22.4 Å². The molecule has 0 spiro atoms. The summed E-state index contributed by atoms with van der Waals surface area (Å²) < 4.78 is 11.3. The van der Waals surface area contributed by atoms with Crippen molar-refractivity contribution in [3.8, 4) is 11.7 Å². The Bertz CT molecular complexity index is 2260. The van der Waals surface area contributed by atoms with E-state index in [-0.39, 0.29) is 11.4 Å². The summed E-state index contributed by atoms with van der Waals surface area (Å²) in [5, 5.41) is 7.59. The molecule has 0 N–H and O–H groups in total. The minimum absolute atomic E-state index is 0.165. The van der Waals surface area contributed by atoms with Crippen LogP contribution in [0.4, 0.5) is 0 Å². The predicted octanol–water partition coefficient (Wildman–Crippen LogP) is 8.89. The zero-order valence-corrected chi connectivity index (χ0v) is 22.4. The predicted molar refractivity (Wildman–Crippen MR) is 162 cm³/mol. The molecule has 9 rings (SSSR count). The number of nitrogens with zero attached hydrogens (tertiary/aromatic N) is 3. The monoisotopic (exact) mass is 541 g/mol. The Balaban J connectivity index is 1.56. The maximum absolute atomic E-state index is 6.61. The van der Waals surface area contributed by atoms with Crippen LogP contribution in [-0.2, 0) is 5.41 Å². The van der Waals surface area contributed by atoms with Gasteiger partial charge >= 0.3 is 0 Å². The summed E-state index contributed by atoms with van der Waals surface area (Å²) in [6, 6.07) is 26.0. The molecule has 0 bridgehead atoms. The molecule has 0 fully saturated rings.